The average molecular weight is 364 g/mol. The highest BCUT2D eigenvalue weighted by molar-refractivity contribution is 6.13. The minimum Gasteiger partial charge on any atom is -0.419 e. The minimum absolute atomic E-state index is 0.337. The highest BCUT2D eigenvalue weighted by atomic mass is 16.9. The Bertz CT molecular complexity index is 1000. The summed E-state index contributed by atoms with van der Waals surface area (Å²) in [6.45, 7) is 0. The molecule has 5 rings (SSSR count). The highest BCUT2D eigenvalue weighted by Crippen LogP contribution is 2.57. The Labute approximate surface area is 155 Å². The van der Waals surface area contributed by atoms with Crippen LogP contribution in [0, 0.1) is 0 Å². The molecule has 7 heteroatoms. The summed E-state index contributed by atoms with van der Waals surface area (Å²) < 4.78 is 17.4. The molecule has 1 saturated heterocycles. The largest absolute Gasteiger partial charge is 0.419 e. The van der Waals surface area contributed by atoms with E-state index in [-0.39, 0.29) is 5.91 Å². The first-order valence-electron chi connectivity index (χ1n) is 8.53. The number of carbonyl (C=O) groups excluding carboxylic acids is 2. The normalized spacial score (nSPS) is 31.1. The van der Waals surface area contributed by atoms with Gasteiger partial charge in [-0.05, 0) is 18.2 Å². The fraction of sp³-hybridized carbons (Fsp3) is 0.250. The van der Waals surface area contributed by atoms with E-state index in [2.05, 4.69) is 4.99 Å². The monoisotopic (exact) mass is 364 g/mol. The van der Waals surface area contributed by atoms with Gasteiger partial charge in [-0.25, -0.2) is 4.99 Å². The van der Waals surface area contributed by atoms with Gasteiger partial charge in [0.1, 0.15) is 0 Å². The van der Waals surface area contributed by atoms with E-state index in [0.29, 0.717) is 17.0 Å². The highest BCUT2D eigenvalue weighted by Gasteiger charge is 2.78. The first-order chi connectivity index (χ1) is 13.0. The molecule has 0 saturated carbocycles. The van der Waals surface area contributed by atoms with E-state index in [4.69, 9.17) is 14.2 Å². The van der Waals surface area contributed by atoms with Gasteiger partial charge in [0.2, 0.25) is 11.5 Å². The maximum atomic E-state index is 13.1. The average Bonchev–Trinajstić information content (AvgIpc) is 3.02. The maximum absolute atomic E-state index is 13.1. The molecule has 0 aliphatic carbocycles. The van der Waals surface area contributed by atoms with Crippen LogP contribution in [-0.2, 0) is 24.6 Å². The Kier molecular flexibility index (Phi) is 3.14. The summed E-state index contributed by atoms with van der Waals surface area (Å²) in [7, 11) is 2.88. The predicted molar refractivity (Wildman–Crippen MR) is 93.9 cm³/mol. The smallest absolute Gasteiger partial charge is 0.357 e. The first kappa shape index (κ1) is 16.2. The second kappa shape index (κ2) is 5.25. The van der Waals surface area contributed by atoms with Crippen molar-refractivity contribution >= 4 is 17.7 Å². The standard InChI is InChI=1S/C20H16N2O5/c1-22-16(23)13-10-6-7-11-14(13)19(18(22)24)17-20(25-2,27-19)26-15(21-17)12-8-4-3-5-9-12/h3-11,17H,1-2H3/t17-,19-,20+/m0/s1. The second-order valence-corrected chi connectivity index (χ2v) is 6.67. The SMILES string of the molecule is CO[C@@]12OC(c3ccccc3)=N[C@H]1[C@]1(O2)C(=O)N(C)C(=O)c2ccccc21. The number of methoxy groups -OCH3 is 1. The lowest BCUT2D eigenvalue weighted by Crippen LogP contribution is -2.76. The van der Waals surface area contributed by atoms with Crippen LogP contribution in [0.25, 0.3) is 0 Å². The summed E-state index contributed by atoms with van der Waals surface area (Å²) in [5.41, 5.74) is 0.194. The number of aliphatic imine (C=N–C) groups is 1. The van der Waals surface area contributed by atoms with E-state index in [1.165, 1.54) is 14.2 Å². The van der Waals surface area contributed by atoms with Gasteiger partial charge in [0.15, 0.2) is 6.04 Å². The van der Waals surface area contributed by atoms with Crippen molar-refractivity contribution in [1.29, 1.82) is 0 Å². The second-order valence-electron chi connectivity index (χ2n) is 6.67. The Morgan fingerprint density at radius 3 is 2.52 bits per heavy atom. The number of imide groups is 1. The number of benzene rings is 2. The topological polar surface area (TPSA) is 77.4 Å². The lowest BCUT2D eigenvalue weighted by Gasteiger charge is -2.55. The maximum Gasteiger partial charge on any atom is 0.357 e. The number of amides is 2. The third-order valence-corrected chi connectivity index (χ3v) is 5.30. The van der Waals surface area contributed by atoms with Crippen molar-refractivity contribution in [1.82, 2.24) is 4.90 Å². The summed E-state index contributed by atoms with van der Waals surface area (Å²) in [4.78, 5) is 31.4. The van der Waals surface area contributed by atoms with Crippen molar-refractivity contribution in [2.24, 2.45) is 4.99 Å². The number of fused-ring (bicyclic) bond motifs is 4. The molecule has 1 fully saturated rings. The van der Waals surface area contributed by atoms with Crippen LogP contribution in [0.15, 0.2) is 59.6 Å². The third kappa shape index (κ3) is 1.85. The van der Waals surface area contributed by atoms with Crippen molar-refractivity contribution < 1.29 is 23.8 Å². The van der Waals surface area contributed by atoms with Crippen LogP contribution in [0.2, 0.25) is 0 Å². The molecular formula is C20H16N2O5. The van der Waals surface area contributed by atoms with Gasteiger partial charge < -0.3 is 9.47 Å². The van der Waals surface area contributed by atoms with Crippen molar-refractivity contribution in [3.63, 3.8) is 0 Å². The van der Waals surface area contributed by atoms with E-state index >= 15 is 0 Å². The fourth-order valence-electron chi connectivity index (χ4n) is 3.95. The van der Waals surface area contributed by atoms with Crippen LogP contribution in [-0.4, -0.2) is 48.8 Å². The van der Waals surface area contributed by atoms with Gasteiger partial charge in [-0.1, -0.05) is 36.4 Å². The van der Waals surface area contributed by atoms with Crippen LogP contribution >= 0.6 is 0 Å². The molecule has 2 amide bonds. The zero-order chi connectivity index (χ0) is 18.8. The minimum atomic E-state index is -1.49. The van der Waals surface area contributed by atoms with Crippen LogP contribution in [0.5, 0.6) is 0 Å². The van der Waals surface area contributed by atoms with E-state index < -0.39 is 23.5 Å². The Morgan fingerprint density at radius 1 is 1.07 bits per heavy atom. The van der Waals surface area contributed by atoms with Crippen LogP contribution in [0.1, 0.15) is 21.5 Å². The summed E-state index contributed by atoms with van der Waals surface area (Å²) >= 11 is 0. The summed E-state index contributed by atoms with van der Waals surface area (Å²) in [5, 5.41) is 0. The van der Waals surface area contributed by atoms with E-state index in [1.807, 2.05) is 30.3 Å². The quantitative estimate of drug-likeness (QED) is 0.758. The number of nitrogens with zero attached hydrogens (tertiary/aromatic N) is 2. The molecule has 27 heavy (non-hydrogen) atoms. The molecule has 0 unspecified atom stereocenters. The van der Waals surface area contributed by atoms with E-state index in [1.54, 1.807) is 24.3 Å². The summed E-state index contributed by atoms with van der Waals surface area (Å²) in [6, 6.07) is 15.5. The summed E-state index contributed by atoms with van der Waals surface area (Å²) in [6.07, 6.45) is 0. The van der Waals surface area contributed by atoms with Gasteiger partial charge in [-0.15, -0.1) is 0 Å². The molecule has 3 aliphatic rings. The van der Waals surface area contributed by atoms with Gasteiger partial charge in [-0.3, -0.25) is 19.2 Å². The van der Waals surface area contributed by atoms with Crippen LogP contribution < -0.4 is 0 Å². The lowest BCUT2D eigenvalue weighted by molar-refractivity contribution is -0.457. The van der Waals surface area contributed by atoms with Gasteiger partial charge >= 0.3 is 5.97 Å². The van der Waals surface area contributed by atoms with Crippen molar-refractivity contribution in [3.05, 3.63) is 71.3 Å². The number of likely N-dealkylation sites (N-methyl/N-ethyl adjacent to an activating group) is 1. The predicted octanol–water partition coefficient (Wildman–Crippen LogP) is 1.67. The lowest BCUT2D eigenvalue weighted by atomic mass is 9.74. The molecule has 7 nitrogen and oxygen atoms in total. The first-order valence-corrected chi connectivity index (χ1v) is 8.53. The molecule has 0 radical (unpaired) electrons. The molecule has 136 valence electrons. The van der Waals surface area contributed by atoms with Crippen LogP contribution in [0.4, 0.5) is 0 Å². The number of carbonyl (C=O) groups is 2. The van der Waals surface area contributed by atoms with Gasteiger partial charge in [0, 0.05) is 30.8 Å². The number of ether oxygens (including phenoxy) is 3. The third-order valence-electron chi connectivity index (χ3n) is 5.30. The number of hydrogen-bond acceptors (Lipinski definition) is 6. The molecule has 0 bridgehead atoms. The van der Waals surface area contributed by atoms with E-state index in [0.717, 1.165) is 10.5 Å². The van der Waals surface area contributed by atoms with Gasteiger partial charge in [-0.2, -0.15) is 0 Å². The fourth-order valence-corrected chi connectivity index (χ4v) is 3.95. The molecule has 3 heterocycles. The number of rotatable bonds is 2. The van der Waals surface area contributed by atoms with E-state index in [9.17, 15) is 9.59 Å². The zero-order valence-electron chi connectivity index (χ0n) is 14.7. The molecule has 3 aliphatic heterocycles. The summed E-state index contributed by atoms with van der Waals surface area (Å²) in [5.74, 6) is -2.00. The van der Waals surface area contributed by atoms with Gasteiger partial charge in [0.05, 0.1) is 0 Å². The Hall–Kier alpha value is -3.03. The molecule has 3 atom stereocenters. The molecular weight excluding hydrogens is 348 g/mol. The zero-order valence-corrected chi connectivity index (χ0v) is 14.7. The molecule has 0 aromatic heterocycles. The van der Waals surface area contributed by atoms with Crippen molar-refractivity contribution in [3.8, 4) is 0 Å². The van der Waals surface area contributed by atoms with Gasteiger partial charge in [0.25, 0.3) is 11.8 Å². The van der Waals surface area contributed by atoms with Crippen molar-refractivity contribution in [2.45, 2.75) is 17.6 Å². The molecule has 2 aromatic carbocycles. The molecule has 0 N–H and O–H groups in total. The van der Waals surface area contributed by atoms with Crippen LogP contribution in [0.3, 0.4) is 0 Å². The molecule has 2 aromatic rings. The molecule has 1 spiro atoms. The Balaban J connectivity index is 1.68. The van der Waals surface area contributed by atoms with Crippen molar-refractivity contribution in [2.75, 3.05) is 14.2 Å². The Morgan fingerprint density at radius 2 is 1.78 bits per heavy atom. The number of hydrogen-bond donors (Lipinski definition) is 0.